The van der Waals surface area contributed by atoms with Crippen molar-refractivity contribution in [2.45, 2.75) is 20.8 Å². The van der Waals surface area contributed by atoms with Gasteiger partial charge in [0.1, 0.15) is 5.75 Å². The van der Waals surface area contributed by atoms with E-state index in [0.717, 1.165) is 12.4 Å². The highest BCUT2D eigenvalue weighted by molar-refractivity contribution is 7.54. The fourth-order valence-corrected chi connectivity index (χ4v) is 1.17. The Morgan fingerprint density at radius 2 is 1.53 bits per heavy atom. The zero-order valence-electron chi connectivity index (χ0n) is 9.06. The van der Waals surface area contributed by atoms with Crippen molar-refractivity contribution in [1.82, 2.24) is 0 Å². The minimum Gasteiger partial charge on any atom is -0.493 e. The molecule has 0 aliphatic carbocycles. The lowest BCUT2D eigenvalue weighted by atomic mass is 10.1. The van der Waals surface area contributed by atoms with Crippen LogP contribution in [0, 0.1) is 13.8 Å². The van der Waals surface area contributed by atoms with Crippen LogP contribution in [0.15, 0.2) is 18.2 Å². The quantitative estimate of drug-likeness (QED) is 0.732. The molecule has 0 unspecified atom stereocenters. The third kappa shape index (κ3) is 7.33. The number of halogens is 3. The molecule has 0 N–H and O–H groups in total. The van der Waals surface area contributed by atoms with Gasteiger partial charge < -0.3 is 4.74 Å². The van der Waals surface area contributed by atoms with Gasteiger partial charge in [0, 0.05) is 0 Å². The molecule has 0 aliphatic heterocycles. The van der Waals surface area contributed by atoms with E-state index in [9.17, 15) is 0 Å². The molecule has 1 aromatic rings. The van der Waals surface area contributed by atoms with Crippen LogP contribution in [-0.2, 0) is 0 Å². The molecule has 1 rings (SSSR count). The summed E-state index contributed by atoms with van der Waals surface area (Å²) in [6.07, 6.45) is 0. The largest absolute Gasteiger partial charge is 0.643 e. The van der Waals surface area contributed by atoms with Crippen molar-refractivity contribution in [3.05, 3.63) is 29.3 Å². The summed E-state index contributed by atoms with van der Waals surface area (Å²) in [5.41, 5.74) is 2.43. The summed E-state index contributed by atoms with van der Waals surface area (Å²) in [6.45, 7) is 6.88. The van der Waals surface area contributed by atoms with E-state index >= 15 is 0 Å². The molecule has 0 atom stereocenters. The molecular formula is C10H14AlCl3O. The second kappa shape index (κ2) is 8.56. The number of hydrogen-bond acceptors (Lipinski definition) is 1. The first-order chi connectivity index (χ1) is 6.99. The Morgan fingerprint density at radius 3 is 1.87 bits per heavy atom. The molecule has 15 heavy (non-hydrogen) atoms. The van der Waals surface area contributed by atoms with Crippen molar-refractivity contribution < 1.29 is 4.74 Å². The SMILES string of the molecule is CCOc1c(C)cccc1C.[Cl][Al]([Cl])[Cl]. The maximum absolute atomic E-state index is 5.47. The van der Waals surface area contributed by atoms with Crippen LogP contribution in [0.2, 0.25) is 0 Å². The maximum Gasteiger partial charge on any atom is 0.643 e. The van der Waals surface area contributed by atoms with E-state index in [4.69, 9.17) is 34.9 Å². The minimum absolute atomic E-state index is 0.742. The predicted molar refractivity (Wildman–Crippen MR) is 70.4 cm³/mol. The van der Waals surface area contributed by atoms with Crippen molar-refractivity contribution >= 4 is 41.5 Å². The number of ether oxygens (including phenoxy) is 1. The van der Waals surface area contributed by atoms with Gasteiger partial charge in [0.2, 0.25) is 0 Å². The van der Waals surface area contributed by atoms with Crippen molar-refractivity contribution in [2.24, 2.45) is 0 Å². The van der Waals surface area contributed by atoms with Crippen molar-refractivity contribution in [2.75, 3.05) is 6.61 Å². The number of hydrogen-bond donors (Lipinski definition) is 0. The summed E-state index contributed by atoms with van der Waals surface area (Å²) < 4.78 is 5.47. The van der Waals surface area contributed by atoms with Crippen LogP contribution in [0.4, 0.5) is 0 Å². The topological polar surface area (TPSA) is 9.23 Å². The average Bonchev–Trinajstić information content (AvgIpc) is 2.11. The standard InChI is InChI=1S/C10H14O.Al.3ClH/c1-4-11-10-8(2)6-5-7-9(10)3;;;;/h5-7H,4H2,1-3H3;;3*1H/q;+3;;;/p-3. The highest BCUT2D eigenvalue weighted by atomic mass is 35.8. The van der Waals surface area contributed by atoms with E-state index in [0.29, 0.717) is 0 Å². The van der Waals surface area contributed by atoms with Crippen LogP contribution in [-0.4, -0.2) is 18.0 Å². The van der Waals surface area contributed by atoms with E-state index in [1.54, 1.807) is 0 Å². The van der Waals surface area contributed by atoms with E-state index in [2.05, 4.69) is 26.0 Å². The van der Waals surface area contributed by atoms with E-state index in [1.165, 1.54) is 11.1 Å². The molecule has 0 fully saturated rings. The van der Waals surface area contributed by atoms with Gasteiger partial charge in [-0.25, -0.2) is 30.1 Å². The van der Waals surface area contributed by atoms with Crippen LogP contribution < -0.4 is 4.74 Å². The van der Waals surface area contributed by atoms with Gasteiger partial charge in [-0.3, -0.25) is 0 Å². The maximum atomic E-state index is 5.47. The first kappa shape index (κ1) is 15.4. The van der Waals surface area contributed by atoms with Gasteiger partial charge >= 0.3 is 11.4 Å². The monoisotopic (exact) mass is 282 g/mol. The molecule has 1 nitrogen and oxygen atoms in total. The number of para-hydroxylation sites is 1. The Bertz CT molecular complexity index is 269. The Hall–Kier alpha value is 0.422. The highest BCUT2D eigenvalue weighted by Gasteiger charge is 2.00. The lowest BCUT2D eigenvalue weighted by Crippen LogP contribution is -1.95. The molecule has 0 saturated heterocycles. The molecule has 1 aromatic carbocycles. The average molecular weight is 284 g/mol. The molecular weight excluding hydrogens is 269 g/mol. The number of aryl methyl sites for hydroxylation is 2. The molecule has 5 heteroatoms. The molecule has 0 radical (unpaired) electrons. The summed E-state index contributed by atoms with van der Waals surface area (Å²) in [5, 5.41) is 0. The predicted octanol–water partition coefficient (Wildman–Crippen LogP) is 4.39. The molecule has 0 amide bonds. The molecule has 0 spiro atoms. The first-order valence-corrected chi connectivity index (χ1v) is 9.84. The molecule has 84 valence electrons. The Kier molecular flexibility index (Phi) is 8.80. The normalized spacial score (nSPS) is 8.93. The highest BCUT2D eigenvalue weighted by Crippen LogP contribution is 2.21. The van der Waals surface area contributed by atoms with Crippen molar-refractivity contribution in [3.8, 4) is 5.75 Å². The summed E-state index contributed by atoms with van der Waals surface area (Å²) >= 11 is -1.72. The van der Waals surface area contributed by atoms with Crippen LogP contribution in [0.5, 0.6) is 5.75 Å². The van der Waals surface area contributed by atoms with E-state index in [-0.39, 0.29) is 0 Å². The van der Waals surface area contributed by atoms with Gasteiger partial charge in [-0.2, -0.15) is 0 Å². The lowest BCUT2D eigenvalue weighted by molar-refractivity contribution is 0.335. The third-order valence-corrected chi connectivity index (χ3v) is 1.70. The number of benzene rings is 1. The first-order valence-electron chi connectivity index (χ1n) is 4.60. The molecule has 0 saturated carbocycles. The van der Waals surface area contributed by atoms with Gasteiger partial charge in [-0.05, 0) is 31.9 Å². The fraction of sp³-hybridized carbons (Fsp3) is 0.400. The molecule has 0 heterocycles. The second-order valence-electron chi connectivity index (χ2n) is 2.90. The second-order valence-corrected chi connectivity index (χ2v) is 9.33. The molecule has 0 aromatic heterocycles. The Balaban J connectivity index is 0.000000423. The van der Waals surface area contributed by atoms with Gasteiger partial charge in [-0.1, -0.05) is 18.2 Å². The lowest BCUT2D eigenvalue weighted by Gasteiger charge is -2.08. The zero-order valence-corrected chi connectivity index (χ0v) is 12.5. The summed E-state index contributed by atoms with van der Waals surface area (Å²) in [7, 11) is 14.8. The summed E-state index contributed by atoms with van der Waals surface area (Å²) in [4.78, 5) is 0. The van der Waals surface area contributed by atoms with Crippen molar-refractivity contribution in [1.29, 1.82) is 0 Å². The van der Waals surface area contributed by atoms with Crippen LogP contribution in [0.25, 0.3) is 0 Å². The fourth-order valence-electron chi connectivity index (χ4n) is 1.17. The molecule has 0 aliphatic rings. The Labute approximate surface area is 108 Å². The third-order valence-electron chi connectivity index (χ3n) is 1.70. The van der Waals surface area contributed by atoms with Crippen LogP contribution in [0.3, 0.4) is 0 Å². The summed E-state index contributed by atoms with van der Waals surface area (Å²) in [5.74, 6) is 1.04. The van der Waals surface area contributed by atoms with Gasteiger partial charge in [0.05, 0.1) is 6.61 Å². The molecule has 0 bridgehead atoms. The Morgan fingerprint density at radius 1 is 1.13 bits per heavy atom. The van der Waals surface area contributed by atoms with Crippen molar-refractivity contribution in [3.63, 3.8) is 0 Å². The number of rotatable bonds is 2. The van der Waals surface area contributed by atoms with Gasteiger partial charge in [-0.15, -0.1) is 0 Å². The van der Waals surface area contributed by atoms with Crippen LogP contribution >= 0.6 is 30.1 Å². The van der Waals surface area contributed by atoms with Gasteiger partial charge in [0.15, 0.2) is 0 Å². The van der Waals surface area contributed by atoms with E-state index < -0.39 is 11.4 Å². The smallest absolute Gasteiger partial charge is 0.493 e. The zero-order chi connectivity index (χ0) is 11.8. The summed E-state index contributed by atoms with van der Waals surface area (Å²) in [6, 6.07) is 6.18. The van der Waals surface area contributed by atoms with Gasteiger partial charge in [0.25, 0.3) is 0 Å². The van der Waals surface area contributed by atoms with Crippen LogP contribution in [0.1, 0.15) is 18.1 Å². The minimum atomic E-state index is -1.72. The van der Waals surface area contributed by atoms with E-state index in [1.807, 2.05) is 13.0 Å².